The minimum Gasteiger partial charge on any atom is -0.488 e. The molecule has 0 amide bonds. The number of rotatable bonds is 7. The molecule has 0 saturated heterocycles. The molecule has 0 aliphatic rings. The van der Waals surface area contributed by atoms with Gasteiger partial charge in [-0.2, -0.15) is 0 Å². The van der Waals surface area contributed by atoms with Crippen LogP contribution in [0.2, 0.25) is 0 Å². The third-order valence-electron chi connectivity index (χ3n) is 2.19. The lowest BCUT2D eigenvalue weighted by molar-refractivity contribution is 0.275. The van der Waals surface area contributed by atoms with E-state index in [9.17, 15) is 8.78 Å². The molecule has 1 aromatic rings. The third-order valence-corrected chi connectivity index (χ3v) is 2.46. The minimum absolute atomic E-state index is 0.278. The summed E-state index contributed by atoms with van der Waals surface area (Å²) in [6.45, 7) is 0.333. The highest BCUT2D eigenvalue weighted by Crippen LogP contribution is 2.21. The second-order valence-electron chi connectivity index (χ2n) is 3.50. The smallest absolute Gasteiger partial charge is 0.190 e. The zero-order valence-electron chi connectivity index (χ0n) is 9.02. The highest BCUT2D eigenvalue weighted by molar-refractivity contribution is 6.17. The Morgan fingerprint density at radius 3 is 2.25 bits per heavy atom. The average Bonchev–Trinajstić information content (AvgIpc) is 2.26. The van der Waals surface area contributed by atoms with Crippen molar-refractivity contribution in [2.24, 2.45) is 0 Å². The molecule has 0 heterocycles. The molecule has 0 spiro atoms. The van der Waals surface area contributed by atoms with Crippen LogP contribution in [0, 0.1) is 11.6 Å². The van der Waals surface area contributed by atoms with Gasteiger partial charge in [-0.25, -0.2) is 8.78 Å². The lowest BCUT2D eigenvalue weighted by Gasteiger charge is -2.07. The zero-order valence-corrected chi connectivity index (χ0v) is 9.77. The van der Waals surface area contributed by atoms with E-state index in [1.165, 1.54) is 18.2 Å². The van der Waals surface area contributed by atoms with Crippen LogP contribution >= 0.6 is 11.6 Å². The van der Waals surface area contributed by atoms with E-state index in [0.29, 0.717) is 12.5 Å². The van der Waals surface area contributed by atoms with E-state index in [1.807, 2.05) is 0 Å². The van der Waals surface area contributed by atoms with Crippen LogP contribution in [0.25, 0.3) is 0 Å². The van der Waals surface area contributed by atoms with E-state index in [4.69, 9.17) is 16.3 Å². The van der Waals surface area contributed by atoms with Gasteiger partial charge in [-0.3, -0.25) is 0 Å². The molecule has 1 aromatic carbocycles. The summed E-state index contributed by atoms with van der Waals surface area (Å²) in [5.74, 6) is -0.927. The summed E-state index contributed by atoms with van der Waals surface area (Å²) < 4.78 is 31.3. The van der Waals surface area contributed by atoms with Crippen LogP contribution in [-0.2, 0) is 0 Å². The molecule has 4 heteroatoms. The fourth-order valence-corrected chi connectivity index (χ4v) is 1.53. The van der Waals surface area contributed by atoms with E-state index in [1.54, 1.807) is 0 Å². The van der Waals surface area contributed by atoms with Crippen LogP contribution in [0.3, 0.4) is 0 Å². The molecule has 0 aliphatic carbocycles. The SMILES string of the molecule is Fc1cccc(F)c1OCCCCCCCl. The van der Waals surface area contributed by atoms with E-state index < -0.39 is 11.6 Å². The van der Waals surface area contributed by atoms with Gasteiger partial charge < -0.3 is 4.74 Å². The van der Waals surface area contributed by atoms with Crippen molar-refractivity contribution < 1.29 is 13.5 Å². The van der Waals surface area contributed by atoms with Gasteiger partial charge in [0.05, 0.1) is 6.61 Å². The van der Waals surface area contributed by atoms with Gasteiger partial charge in [0.15, 0.2) is 17.4 Å². The molecule has 0 aliphatic heterocycles. The van der Waals surface area contributed by atoms with Gasteiger partial charge >= 0.3 is 0 Å². The number of hydrogen-bond acceptors (Lipinski definition) is 1. The third kappa shape index (κ3) is 4.35. The van der Waals surface area contributed by atoms with Crippen molar-refractivity contribution in [2.45, 2.75) is 25.7 Å². The van der Waals surface area contributed by atoms with E-state index in [0.717, 1.165) is 25.7 Å². The molecule has 0 bridgehead atoms. The summed E-state index contributed by atoms with van der Waals surface area (Å²) >= 11 is 5.52. The predicted octanol–water partition coefficient (Wildman–Crippen LogP) is 4.14. The second-order valence-corrected chi connectivity index (χ2v) is 3.88. The zero-order chi connectivity index (χ0) is 11.8. The van der Waals surface area contributed by atoms with Gasteiger partial charge in [0, 0.05) is 5.88 Å². The van der Waals surface area contributed by atoms with Crippen molar-refractivity contribution in [2.75, 3.05) is 12.5 Å². The molecular weight excluding hydrogens is 234 g/mol. The van der Waals surface area contributed by atoms with E-state index in [-0.39, 0.29) is 5.75 Å². The molecule has 1 rings (SSSR count). The maximum Gasteiger partial charge on any atom is 0.190 e. The van der Waals surface area contributed by atoms with Crippen molar-refractivity contribution >= 4 is 11.6 Å². The summed E-state index contributed by atoms with van der Waals surface area (Å²) in [6.07, 6.45) is 3.73. The average molecular weight is 249 g/mol. The van der Waals surface area contributed by atoms with Crippen LogP contribution in [0.5, 0.6) is 5.75 Å². The number of ether oxygens (including phenoxy) is 1. The molecule has 0 fully saturated rings. The maximum atomic E-state index is 13.1. The highest BCUT2D eigenvalue weighted by atomic mass is 35.5. The molecule has 0 N–H and O–H groups in total. The van der Waals surface area contributed by atoms with Crippen LogP contribution in [-0.4, -0.2) is 12.5 Å². The Hall–Kier alpha value is -0.830. The van der Waals surface area contributed by atoms with Gasteiger partial charge in [0.25, 0.3) is 0 Å². The largest absolute Gasteiger partial charge is 0.488 e. The first kappa shape index (κ1) is 13.2. The molecule has 16 heavy (non-hydrogen) atoms. The first-order chi connectivity index (χ1) is 7.75. The topological polar surface area (TPSA) is 9.23 Å². The number of benzene rings is 1. The summed E-state index contributed by atoms with van der Waals surface area (Å²) in [7, 11) is 0. The van der Waals surface area contributed by atoms with Crippen molar-refractivity contribution in [3.8, 4) is 5.75 Å². The van der Waals surface area contributed by atoms with Gasteiger partial charge in [-0.15, -0.1) is 11.6 Å². The Balaban J connectivity index is 2.26. The van der Waals surface area contributed by atoms with Gasteiger partial charge in [0.2, 0.25) is 0 Å². The summed E-state index contributed by atoms with van der Waals surface area (Å²) in [6, 6.07) is 3.69. The van der Waals surface area contributed by atoms with Gasteiger partial charge in [-0.05, 0) is 25.0 Å². The van der Waals surface area contributed by atoms with Crippen LogP contribution in [0.15, 0.2) is 18.2 Å². The Morgan fingerprint density at radius 2 is 1.62 bits per heavy atom. The molecule has 0 atom stereocenters. The standard InChI is InChI=1S/C12H15ClF2O/c13-8-3-1-2-4-9-16-12-10(14)6-5-7-11(12)15/h5-7H,1-4,8-9H2. The fraction of sp³-hybridized carbons (Fsp3) is 0.500. The first-order valence-corrected chi connectivity index (χ1v) is 5.92. The Kier molecular flexibility index (Phi) is 6.16. The highest BCUT2D eigenvalue weighted by Gasteiger charge is 2.08. The summed E-state index contributed by atoms with van der Waals surface area (Å²) in [4.78, 5) is 0. The number of alkyl halides is 1. The van der Waals surface area contributed by atoms with Crippen LogP contribution in [0.4, 0.5) is 8.78 Å². The summed E-state index contributed by atoms with van der Waals surface area (Å²) in [5, 5.41) is 0. The summed E-state index contributed by atoms with van der Waals surface area (Å²) in [5.41, 5.74) is 0. The Labute approximate surface area is 99.4 Å². The van der Waals surface area contributed by atoms with Crippen molar-refractivity contribution in [1.82, 2.24) is 0 Å². The molecule has 0 saturated carbocycles. The number of unbranched alkanes of at least 4 members (excludes halogenated alkanes) is 3. The lowest BCUT2D eigenvalue weighted by Crippen LogP contribution is -2.01. The molecule has 0 radical (unpaired) electrons. The molecule has 90 valence electrons. The molecular formula is C12H15ClF2O. The predicted molar refractivity (Wildman–Crippen MR) is 61.0 cm³/mol. The van der Waals surface area contributed by atoms with Crippen LogP contribution < -0.4 is 4.74 Å². The van der Waals surface area contributed by atoms with E-state index in [2.05, 4.69) is 0 Å². The normalized spacial score (nSPS) is 10.4. The van der Waals surface area contributed by atoms with Crippen molar-refractivity contribution in [3.63, 3.8) is 0 Å². The molecule has 0 aromatic heterocycles. The quantitative estimate of drug-likeness (QED) is 0.520. The molecule has 0 unspecified atom stereocenters. The first-order valence-electron chi connectivity index (χ1n) is 5.38. The van der Waals surface area contributed by atoms with E-state index >= 15 is 0 Å². The number of para-hydroxylation sites is 1. The monoisotopic (exact) mass is 248 g/mol. The maximum absolute atomic E-state index is 13.1. The molecule has 1 nitrogen and oxygen atoms in total. The van der Waals surface area contributed by atoms with Crippen LogP contribution in [0.1, 0.15) is 25.7 Å². The van der Waals surface area contributed by atoms with Crippen molar-refractivity contribution in [1.29, 1.82) is 0 Å². The minimum atomic E-state index is -0.652. The Bertz CT molecular complexity index is 298. The van der Waals surface area contributed by atoms with Gasteiger partial charge in [-0.1, -0.05) is 18.9 Å². The lowest BCUT2D eigenvalue weighted by atomic mass is 10.2. The Morgan fingerprint density at radius 1 is 1.00 bits per heavy atom. The number of halogens is 3. The second kappa shape index (κ2) is 7.44. The number of hydrogen-bond donors (Lipinski definition) is 0. The van der Waals surface area contributed by atoms with Crippen molar-refractivity contribution in [3.05, 3.63) is 29.8 Å². The fourth-order valence-electron chi connectivity index (χ4n) is 1.34. The van der Waals surface area contributed by atoms with Gasteiger partial charge in [0.1, 0.15) is 0 Å².